The summed E-state index contributed by atoms with van der Waals surface area (Å²) in [7, 11) is 0. The number of ether oxygens (including phenoxy) is 1. The third-order valence-electron chi connectivity index (χ3n) is 5.54. The van der Waals surface area contributed by atoms with Crippen molar-refractivity contribution in [2.24, 2.45) is 5.41 Å². The Morgan fingerprint density at radius 1 is 1.29 bits per heavy atom. The molecule has 1 aliphatic rings. The first-order valence-electron chi connectivity index (χ1n) is 11.2. The standard InChI is InChI=1S/C23H37N3O4S/c1-7-25-12-9-10-17(25)15-26(13-11-19(27)30-8-2)21(28)20-16(3)14-18(31-20)24-22(29)23(4,5)6/h14,17H,7-13,15H2,1-6H3,(H,24,29). The number of esters is 1. The van der Waals surface area contributed by atoms with E-state index in [1.54, 1.807) is 11.8 Å². The van der Waals surface area contributed by atoms with Crippen LogP contribution in [-0.2, 0) is 14.3 Å². The van der Waals surface area contributed by atoms with E-state index in [-0.39, 0.29) is 24.2 Å². The van der Waals surface area contributed by atoms with Crippen molar-refractivity contribution in [1.82, 2.24) is 9.80 Å². The van der Waals surface area contributed by atoms with Gasteiger partial charge in [0.15, 0.2) is 0 Å². The van der Waals surface area contributed by atoms with E-state index in [0.717, 1.165) is 31.5 Å². The highest BCUT2D eigenvalue weighted by Gasteiger charge is 2.30. The fourth-order valence-corrected chi connectivity index (χ4v) is 4.74. The molecule has 1 aromatic heterocycles. The second kappa shape index (κ2) is 11.1. The number of nitrogens with one attached hydrogen (secondary N) is 1. The van der Waals surface area contributed by atoms with Crippen LogP contribution in [0.5, 0.6) is 0 Å². The van der Waals surface area contributed by atoms with E-state index in [2.05, 4.69) is 17.1 Å². The summed E-state index contributed by atoms with van der Waals surface area (Å²) in [5.74, 6) is -0.470. The summed E-state index contributed by atoms with van der Waals surface area (Å²) in [6, 6.07) is 2.15. The Morgan fingerprint density at radius 2 is 2.00 bits per heavy atom. The number of carbonyl (C=O) groups excluding carboxylic acids is 3. The van der Waals surface area contributed by atoms with Gasteiger partial charge in [0.25, 0.3) is 5.91 Å². The highest BCUT2D eigenvalue weighted by molar-refractivity contribution is 7.18. The maximum Gasteiger partial charge on any atom is 0.307 e. The molecular weight excluding hydrogens is 414 g/mol. The fraction of sp³-hybridized carbons (Fsp3) is 0.696. The molecule has 2 amide bonds. The number of nitrogens with zero attached hydrogens (tertiary/aromatic N) is 2. The number of amides is 2. The Balaban J connectivity index is 2.19. The number of anilines is 1. The zero-order valence-electron chi connectivity index (χ0n) is 19.7. The van der Waals surface area contributed by atoms with Crippen molar-refractivity contribution in [1.29, 1.82) is 0 Å². The zero-order valence-corrected chi connectivity index (χ0v) is 20.6. The molecule has 1 atom stereocenters. The van der Waals surface area contributed by atoms with Crippen LogP contribution in [0.25, 0.3) is 0 Å². The smallest absolute Gasteiger partial charge is 0.307 e. The number of thiophene rings is 1. The van der Waals surface area contributed by atoms with Crippen LogP contribution in [0.2, 0.25) is 0 Å². The zero-order chi connectivity index (χ0) is 23.2. The van der Waals surface area contributed by atoms with E-state index in [0.29, 0.717) is 35.6 Å². The van der Waals surface area contributed by atoms with Crippen molar-refractivity contribution >= 4 is 34.1 Å². The quantitative estimate of drug-likeness (QED) is 0.576. The Morgan fingerprint density at radius 3 is 2.61 bits per heavy atom. The van der Waals surface area contributed by atoms with Crippen molar-refractivity contribution < 1.29 is 19.1 Å². The molecule has 0 aromatic carbocycles. The summed E-state index contributed by atoms with van der Waals surface area (Å²) in [5.41, 5.74) is 0.318. The van der Waals surface area contributed by atoms with E-state index in [1.165, 1.54) is 11.3 Å². The number of carbonyl (C=O) groups is 3. The van der Waals surface area contributed by atoms with Crippen molar-refractivity contribution in [3.8, 4) is 0 Å². The summed E-state index contributed by atoms with van der Waals surface area (Å²) >= 11 is 1.30. The van der Waals surface area contributed by atoms with Crippen LogP contribution in [0, 0.1) is 12.3 Å². The molecule has 0 radical (unpaired) electrons. The van der Waals surface area contributed by atoms with Gasteiger partial charge in [-0.1, -0.05) is 27.7 Å². The molecule has 0 saturated carbocycles. The molecule has 1 fully saturated rings. The van der Waals surface area contributed by atoms with Gasteiger partial charge in [-0.05, 0) is 51.4 Å². The monoisotopic (exact) mass is 451 g/mol. The van der Waals surface area contributed by atoms with Crippen LogP contribution in [-0.4, -0.2) is 66.4 Å². The van der Waals surface area contributed by atoms with Gasteiger partial charge in [-0.15, -0.1) is 11.3 Å². The van der Waals surface area contributed by atoms with Crippen molar-refractivity contribution in [3.63, 3.8) is 0 Å². The molecule has 174 valence electrons. The summed E-state index contributed by atoms with van der Waals surface area (Å²) < 4.78 is 5.06. The molecule has 7 nitrogen and oxygen atoms in total. The van der Waals surface area contributed by atoms with Gasteiger partial charge in [-0.2, -0.15) is 0 Å². The molecule has 0 spiro atoms. The van der Waals surface area contributed by atoms with Gasteiger partial charge in [0.2, 0.25) is 5.91 Å². The third kappa shape index (κ3) is 7.04. The molecule has 1 unspecified atom stereocenters. The van der Waals surface area contributed by atoms with Gasteiger partial charge in [-0.25, -0.2) is 0 Å². The first-order valence-corrected chi connectivity index (χ1v) is 12.0. The molecule has 1 saturated heterocycles. The molecular formula is C23H37N3O4S. The topological polar surface area (TPSA) is 79.0 Å². The fourth-order valence-electron chi connectivity index (χ4n) is 3.71. The first-order chi connectivity index (χ1) is 14.6. The lowest BCUT2D eigenvalue weighted by Gasteiger charge is -2.30. The molecule has 1 aliphatic heterocycles. The normalized spacial score (nSPS) is 16.9. The van der Waals surface area contributed by atoms with E-state index in [4.69, 9.17) is 4.74 Å². The van der Waals surface area contributed by atoms with Crippen molar-refractivity contribution in [3.05, 3.63) is 16.5 Å². The second-order valence-corrected chi connectivity index (χ2v) is 10.1. The van der Waals surface area contributed by atoms with Gasteiger partial charge >= 0.3 is 5.97 Å². The summed E-state index contributed by atoms with van der Waals surface area (Å²) in [5, 5.41) is 3.59. The molecule has 1 aromatic rings. The van der Waals surface area contributed by atoms with Crippen LogP contribution in [0.15, 0.2) is 6.07 Å². The summed E-state index contributed by atoms with van der Waals surface area (Å²) in [6.45, 7) is 14.6. The van der Waals surface area contributed by atoms with Crippen LogP contribution in [0.1, 0.15) is 69.1 Å². The molecule has 0 bridgehead atoms. The number of aryl methyl sites for hydroxylation is 1. The van der Waals surface area contributed by atoms with Gasteiger partial charge in [0.1, 0.15) is 0 Å². The Kier molecular flexibility index (Phi) is 9.06. The Labute approximate surface area is 190 Å². The summed E-state index contributed by atoms with van der Waals surface area (Å²) in [4.78, 5) is 42.5. The SMILES string of the molecule is CCOC(=O)CCN(CC1CCCN1CC)C(=O)c1sc(NC(=O)C(C)(C)C)cc1C. The minimum atomic E-state index is -0.514. The highest BCUT2D eigenvalue weighted by atomic mass is 32.1. The largest absolute Gasteiger partial charge is 0.466 e. The summed E-state index contributed by atoms with van der Waals surface area (Å²) in [6.07, 6.45) is 2.35. The van der Waals surface area contributed by atoms with Crippen molar-refractivity contribution in [2.75, 3.05) is 38.1 Å². The predicted octanol–water partition coefficient (Wildman–Crippen LogP) is 3.92. The Bertz CT molecular complexity index is 784. The molecule has 8 heteroatoms. The highest BCUT2D eigenvalue weighted by Crippen LogP contribution is 2.30. The van der Waals surface area contributed by atoms with Gasteiger partial charge < -0.3 is 15.0 Å². The minimum Gasteiger partial charge on any atom is -0.466 e. The average Bonchev–Trinajstić information content (AvgIpc) is 3.29. The molecule has 2 heterocycles. The first kappa shape index (κ1) is 25.3. The lowest BCUT2D eigenvalue weighted by molar-refractivity contribution is -0.143. The average molecular weight is 452 g/mol. The van der Waals surface area contributed by atoms with E-state index < -0.39 is 5.41 Å². The molecule has 2 rings (SSSR count). The maximum atomic E-state index is 13.5. The number of likely N-dealkylation sites (tertiary alicyclic amines) is 1. The third-order valence-corrected chi connectivity index (χ3v) is 6.69. The van der Waals surface area contributed by atoms with Crippen LogP contribution in [0.4, 0.5) is 5.00 Å². The lowest BCUT2D eigenvalue weighted by Crippen LogP contribution is -2.43. The van der Waals surface area contributed by atoms with Gasteiger partial charge in [-0.3, -0.25) is 19.3 Å². The van der Waals surface area contributed by atoms with E-state index in [9.17, 15) is 14.4 Å². The number of rotatable bonds is 9. The minimum absolute atomic E-state index is 0.0866. The molecule has 31 heavy (non-hydrogen) atoms. The van der Waals surface area contributed by atoms with Gasteiger partial charge in [0.05, 0.1) is 22.9 Å². The van der Waals surface area contributed by atoms with Crippen molar-refractivity contribution in [2.45, 2.75) is 66.8 Å². The number of likely N-dealkylation sites (N-methyl/N-ethyl adjacent to an activating group) is 1. The van der Waals surface area contributed by atoms with Crippen LogP contribution < -0.4 is 5.32 Å². The van der Waals surface area contributed by atoms with Crippen LogP contribution >= 0.6 is 11.3 Å². The Hall–Kier alpha value is -1.93. The second-order valence-electron chi connectivity index (χ2n) is 9.06. The number of hydrogen-bond donors (Lipinski definition) is 1. The number of hydrogen-bond acceptors (Lipinski definition) is 6. The van der Waals surface area contributed by atoms with E-state index >= 15 is 0 Å². The maximum absolute atomic E-state index is 13.5. The molecule has 0 aliphatic carbocycles. The van der Waals surface area contributed by atoms with Crippen LogP contribution in [0.3, 0.4) is 0 Å². The lowest BCUT2D eigenvalue weighted by atomic mass is 9.96. The van der Waals surface area contributed by atoms with E-state index in [1.807, 2.05) is 33.8 Å². The predicted molar refractivity (Wildman–Crippen MR) is 125 cm³/mol. The van der Waals surface area contributed by atoms with Gasteiger partial charge in [0, 0.05) is 24.5 Å². The molecule has 1 N–H and O–H groups in total.